The van der Waals surface area contributed by atoms with E-state index in [1.807, 2.05) is 19.1 Å². The van der Waals surface area contributed by atoms with E-state index in [2.05, 4.69) is 78.1 Å². The van der Waals surface area contributed by atoms with E-state index in [0.717, 1.165) is 31.2 Å². The minimum Gasteiger partial charge on any atom is -0.294 e. The quantitative estimate of drug-likeness (QED) is 0.284. The van der Waals surface area contributed by atoms with Crippen LogP contribution in [0.5, 0.6) is 0 Å². The monoisotopic (exact) mass is 458 g/mol. The number of Topliss-reactive ketones (excluding diaryl/α,β-unsaturated/α-hetero) is 1. The number of rotatable bonds is 8. The molecule has 0 unspecified atom stereocenters. The third kappa shape index (κ3) is 8.28. The zero-order valence-corrected chi connectivity index (χ0v) is 22.6. The highest BCUT2D eigenvalue weighted by Gasteiger charge is 2.25. The molecule has 0 heterocycles. The predicted molar refractivity (Wildman–Crippen MR) is 153 cm³/mol. The highest BCUT2D eigenvalue weighted by atomic mass is 16.1. The first-order valence-electron chi connectivity index (χ1n) is 13.0. The first-order valence-corrected chi connectivity index (χ1v) is 13.0. The molecular weight excluding hydrogens is 412 g/mol. The molecule has 0 radical (unpaired) electrons. The molecule has 1 heteroatoms. The zero-order chi connectivity index (χ0) is 25.5. The molecule has 1 aliphatic carbocycles. The summed E-state index contributed by atoms with van der Waals surface area (Å²) in [7, 11) is 0. The maximum absolute atomic E-state index is 12.3. The lowest BCUT2D eigenvalue weighted by molar-refractivity contribution is 0.0994. The Morgan fingerprint density at radius 2 is 1.65 bits per heavy atom. The van der Waals surface area contributed by atoms with E-state index in [1.165, 1.54) is 58.2 Å². The molecule has 3 rings (SSSR count). The molecule has 1 aliphatic rings. The Hall–Kier alpha value is -2.67. The van der Waals surface area contributed by atoms with E-state index >= 15 is 0 Å². The fourth-order valence-corrected chi connectivity index (χ4v) is 4.23. The van der Waals surface area contributed by atoms with Crippen molar-refractivity contribution in [2.24, 2.45) is 0 Å². The number of unbranched alkanes of at least 4 members (excludes halogenated alkanes) is 3. The molecule has 1 nitrogen and oxygen atoms in total. The molecule has 0 saturated heterocycles. The van der Waals surface area contributed by atoms with Gasteiger partial charge in [0.05, 0.1) is 0 Å². The van der Waals surface area contributed by atoms with Gasteiger partial charge in [0, 0.05) is 12.0 Å². The van der Waals surface area contributed by atoms with Crippen LogP contribution in [0.4, 0.5) is 0 Å². The Bertz CT molecular complexity index is 972. The molecule has 34 heavy (non-hydrogen) atoms. The number of aryl methyl sites for hydroxylation is 2. The Morgan fingerprint density at radius 1 is 0.971 bits per heavy atom. The number of hydrogen-bond acceptors (Lipinski definition) is 1. The summed E-state index contributed by atoms with van der Waals surface area (Å²) in [5, 5.41) is 0. The van der Waals surface area contributed by atoms with Crippen molar-refractivity contribution in [3.63, 3.8) is 0 Å². The van der Waals surface area contributed by atoms with Crippen molar-refractivity contribution < 1.29 is 4.79 Å². The summed E-state index contributed by atoms with van der Waals surface area (Å²) in [6.07, 6.45) is 14.6. The van der Waals surface area contributed by atoms with Crippen molar-refractivity contribution in [2.45, 2.75) is 92.9 Å². The lowest BCUT2D eigenvalue weighted by atomic mass is 9.86. The van der Waals surface area contributed by atoms with Gasteiger partial charge >= 0.3 is 0 Å². The minimum atomic E-state index is 0.289. The highest BCUT2D eigenvalue weighted by Crippen LogP contribution is 2.38. The topological polar surface area (TPSA) is 17.1 Å². The van der Waals surface area contributed by atoms with Crippen LogP contribution >= 0.6 is 0 Å². The van der Waals surface area contributed by atoms with Crippen molar-refractivity contribution in [2.75, 3.05) is 0 Å². The largest absolute Gasteiger partial charge is 0.294 e. The van der Waals surface area contributed by atoms with Gasteiger partial charge in [0.1, 0.15) is 0 Å². The molecule has 0 aliphatic heterocycles. The molecule has 0 spiro atoms. The van der Waals surface area contributed by atoms with Gasteiger partial charge in [-0.2, -0.15) is 0 Å². The number of fused-ring (bicyclic) bond motifs is 1. The standard InChI is InChI=1S/C25H28O.C5H12.C3H6/c1-5-7-8-9-19-12-13-21-22(14-15-24(21)26)25(19)23-16-20(17(3)6-2)11-10-18(23)4;1-3-5-4-2;1-3-2/h5-6,10-13,16H,1,7-9,14-15H2,2-4H3;3-5H2,1-2H3;3H,1H2,2H3/b17-6+;;. The van der Waals surface area contributed by atoms with Crippen LogP contribution in [0.1, 0.15) is 106 Å². The molecular formula is C33H46O. The highest BCUT2D eigenvalue weighted by molar-refractivity contribution is 6.03. The van der Waals surface area contributed by atoms with Crippen LogP contribution in [-0.4, -0.2) is 5.78 Å². The molecule has 2 aromatic carbocycles. The average Bonchev–Trinajstić information content (AvgIpc) is 3.21. The predicted octanol–water partition coefficient (Wildman–Crippen LogP) is 10.1. The van der Waals surface area contributed by atoms with Gasteiger partial charge in [0.15, 0.2) is 5.78 Å². The van der Waals surface area contributed by atoms with E-state index in [1.54, 1.807) is 6.08 Å². The van der Waals surface area contributed by atoms with Crippen molar-refractivity contribution in [1.82, 2.24) is 0 Å². The minimum absolute atomic E-state index is 0.289. The van der Waals surface area contributed by atoms with Gasteiger partial charge in [0.25, 0.3) is 0 Å². The normalized spacial score (nSPS) is 12.2. The molecule has 2 aromatic rings. The fraction of sp³-hybridized carbons (Fsp3) is 0.424. The Morgan fingerprint density at radius 3 is 2.21 bits per heavy atom. The smallest absolute Gasteiger partial charge is 0.163 e. The third-order valence-corrected chi connectivity index (χ3v) is 6.26. The number of benzene rings is 2. The van der Waals surface area contributed by atoms with Crippen molar-refractivity contribution in [3.05, 3.63) is 89.5 Å². The number of carbonyl (C=O) groups is 1. The van der Waals surface area contributed by atoms with Crippen molar-refractivity contribution in [3.8, 4) is 11.1 Å². The van der Waals surface area contributed by atoms with Crippen LogP contribution in [0.2, 0.25) is 0 Å². The van der Waals surface area contributed by atoms with E-state index in [-0.39, 0.29) is 5.78 Å². The lowest BCUT2D eigenvalue weighted by Gasteiger charge is -2.18. The first kappa shape index (κ1) is 29.4. The second kappa shape index (κ2) is 16.0. The fourth-order valence-electron chi connectivity index (χ4n) is 4.23. The van der Waals surface area contributed by atoms with Gasteiger partial charge in [-0.15, -0.1) is 13.2 Å². The summed E-state index contributed by atoms with van der Waals surface area (Å²) < 4.78 is 0. The Kier molecular flexibility index (Phi) is 13.9. The lowest BCUT2D eigenvalue weighted by Crippen LogP contribution is -2.00. The van der Waals surface area contributed by atoms with Gasteiger partial charge in [-0.25, -0.2) is 0 Å². The molecule has 184 valence electrons. The van der Waals surface area contributed by atoms with Crippen LogP contribution in [0, 0.1) is 6.92 Å². The molecule has 0 aromatic heterocycles. The van der Waals surface area contributed by atoms with Crippen molar-refractivity contribution in [1.29, 1.82) is 0 Å². The van der Waals surface area contributed by atoms with Crippen LogP contribution in [0.3, 0.4) is 0 Å². The molecule has 0 bridgehead atoms. The van der Waals surface area contributed by atoms with Gasteiger partial charge in [-0.1, -0.05) is 75.6 Å². The number of ketones is 1. The third-order valence-electron chi connectivity index (χ3n) is 6.26. The summed E-state index contributed by atoms with van der Waals surface area (Å²) in [5.41, 5.74) is 9.94. The maximum atomic E-state index is 12.3. The molecule has 0 saturated carbocycles. The summed E-state index contributed by atoms with van der Waals surface area (Å²) in [5.74, 6) is 0.289. The van der Waals surface area contributed by atoms with Crippen LogP contribution in [0.15, 0.2) is 61.7 Å². The SMILES string of the molecule is C=CC.C=CCCCc1ccc2c(c1-c1cc(/C(C)=C/C)ccc1C)CCC2=O.CCCCC. The summed E-state index contributed by atoms with van der Waals surface area (Å²) in [6.45, 7) is 19.9. The van der Waals surface area contributed by atoms with Gasteiger partial charge in [-0.05, 0) is 98.4 Å². The van der Waals surface area contributed by atoms with E-state index in [0.29, 0.717) is 6.42 Å². The first-order chi connectivity index (χ1) is 16.4. The van der Waals surface area contributed by atoms with E-state index in [9.17, 15) is 4.79 Å². The molecule has 0 fully saturated rings. The van der Waals surface area contributed by atoms with E-state index < -0.39 is 0 Å². The van der Waals surface area contributed by atoms with Crippen LogP contribution in [0.25, 0.3) is 16.7 Å². The second-order valence-corrected chi connectivity index (χ2v) is 8.99. The zero-order valence-electron chi connectivity index (χ0n) is 22.6. The molecule has 0 N–H and O–H groups in total. The van der Waals surface area contributed by atoms with Crippen LogP contribution in [-0.2, 0) is 12.8 Å². The second-order valence-electron chi connectivity index (χ2n) is 8.99. The Balaban J connectivity index is 0.000000629. The summed E-state index contributed by atoms with van der Waals surface area (Å²) >= 11 is 0. The Labute approximate surface area is 209 Å². The number of carbonyl (C=O) groups excluding carboxylic acids is 1. The average molecular weight is 459 g/mol. The number of hydrogen-bond donors (Lipinski definition) is 0. The molecule has 0 amide bonds. The number of allylic oxidation sites excluding steroid dienone is 4. The van der Waals surface area contributed by atoms with Crippen molar-refractivity contribution >= 4 is 11.4 Å². The summed E-state index contributed by atoms with van der Waals surface area (Å²) in [6, 6.07) is 10.9. The van der Waals surface area contributed by atoms with E-state index in [4.69, 9.17) is 0 Å². The van der Waals surface area contributed by atoms with Gasteiger partial charge < -0.3 is 0 Å². The molecule has 0 atom stereocenters. The van der Waals surface area contributed by atoms with Crippen LogP contribution < -0.4 is 0 Å². The maximum Gasteiger partial charge on any atom is 0.163 e. The summed E-state index contributed by atoms with van der Waals surface area (Å²) in [4.78, 5) is 12.3. The van der Waals surface area contributed by atoms with Gasteiger partial charge in [-0.3, -0.25) is 4.79 Å². The van der Waals surface area contributed by atoms with Gasteiger partial charge in [0.2, 0.25) is 0 Å².